The molecule has 1 spiro atoms. The third-order valence-electron chi connectivity index (χ3n) is 6.63. The highest BCUT2D eigenvalue weighted by atomic mass is 16.5. The molecule has 0 aliphatic heterocycles. The predicted octanol–water partition coefficient (Wildman–Crippen LogP) is 3.09. The van der Waals surface area contributed by atoms with Crippen molar-refractivity contribution in [2.75, 3.05) is 13.2 Å². The van der Waals surface area contributed by atoms with Gasteiger partial charge in [0, 0.05) is 31.7 Å². The number of guanidine groups is 1. The maximum atomic E-state index is 6.11. The molecular weight excluding hydrogens is 352 g/mol. The standard InChI is InChI=1S/C21H38N6O/c1-5-7-13-22-20(23-15-19-26-25-16(3)27(19)4)24-17-14-18(28-6-2)21(17)11-9-8-10-12-21/h17-18H,5-15H2,1-4H3,(H2,22,23,24). The van der Waals surface area contributed by atoms with Gasteiger partial charge in [0.05, 0.1) is 6.10 Å². The average molecular weight is 391 g/mol. The Bertz CT molecular complexity index is 649. The SMILES string of the molecule is CCCCNC(=NCc1nnc(C)n1C)NC1CC(OCC)C12CCCCC2. The molecule has 1 heterocycles. The van der Waals surface area contributed by atoms with E-state index >= 15 is 0 Å². The monoisotopic (exact) mass is 390 g/mol. The number of ether oxygens (including phenoxy) is 1. The van der Waals surface area contributed by atoms with Gasteiger partial charge in [0.1, 0.15) is 12.4 Å². The minimum absolute atomic E-state index is 0.281. The molecule has 2 atom stereocenters. The second-order valence-electron chi connectivity index (χ2n) is 8.34. The van der Waals surface area contributed by atoms with E-state index in [1.165, 1.54) is 38.5 Å². The third-order valence-corrected chi connectivity index (χ3v) is 6.63. The van der Waals surface area contributed by atoms with Crippen molar-refractivity contribution in [3.63, 3.8) is 0 Å². The molecule has 28 heavy (non-hydrogen) atoms. The summed E-state index contributed by atoms with van der Waals surface area (Å²) in [7, 11) is 1.99. The van der Waals surface area contributed by atoms with Gasteiger partial charge >= 0.3 is 0 Å². The summed E-state index contributed by atoms with van der Waals surface area (Å²) in [6.45, 7) is 8.57. The van der Waals surface area contributed by atoms with Gasteiger partial charge in [0.25, 0.3) is 0 Å². The van der Waals surface area contributed by atoms with E-state index < -0.39 is 0 Å². The Kier molecular flexibility index (Phi) is 7.32. The molecule has 1 aromatic rings. The second kappa shape index (κ2) is 9.72. The van der Waals surface area contributed by atoms with Crippen molar-refractivity contribution in [1.82, 2.24) is 25.4 Å². The van der Waals surface area contributed by atoms with Crippen LogP contribution in [0.5, 0.6) is 0 Å². The van der Waals surface area contributed by atoms with Gasteiger partial charge in [-0.25, -0.2) is 4.99 Å². The molecule has 0 saturated heterocycles. The van der Waals surface area contributed by atoms with E-state index in [4.69, 9.17) is 9.73 Å². The van der Waals surface area contributed by atoms with Gasteiger partial charge in [0.2, 0.25) is 0 Å². The summed E-state index contributed by atoms with van der Waals surface area (Å²) in [5.74, 6) is 2.71. The van der Waals surface area contributed by atoms with Crippen LogP contribution in [0.25, 0.3) is 0 Å². The maximum Gasteiger partial charge on any atom is 0.191 e. The Morgan fingerprint density at radius 2 is 2.04 bits per heavy atom. The zero-order valence-electron chi connectivity index (χ0n) is 18.1. The number of aryl methyl sites for hydroxylation is 1. The van der Waals surface area contributed by atoms with E-state index in [9.17, 15) is 0 Å². The van der Waals surface area contributed by atoms with Crippen molar-refractivity contribution in [3.05, 3.63) is 11.6 Å². The molecule has 2 unspecified atom stereocenters. The maximum absolute atomic E-state index is 6.11. The van der Waals surface area contributed by atoms with Crippen molar-refractivity contribution >= 4 is 5.96 Å². The van der Waals surface area contributed by atoms with E-state index in [-0.39, 0.29) is 5.41 Å². The Labute approximate surface area is 169 Å². The minimum Gasteiger partial charge on any atom is -0.378 e. The first-order chi connectivity index (χ1) is 13.6. The fourth-order valence-electron chi connectivity index (χ4n) is 4.71. The molecule has 0 amide bonds. The topological polar surface area (TPSA) is 76.4 Å². The van der Waals surface area contributed by atoms with E-state index in [2.05, 4.69) is 34.7 Å². The van der Waals surface area contributed by atoms with Gasteiger partial charge in [-0.2, -0.15) is 0 Å². The van der Waals surface area contributed by atoms with Crippen LogP contribution in [0.15, 0.2) is 4.99 Å². The molecule has 7 heteroatoms. The van der Waals surface area contributed by atoms with Crippen molar-refractivity contribution in [1.29, 1.82) is 0 Å². The van der Waals surface area contributed by atoms with Crippen LogP contribution in [-0.2, 0) is 18.3 Å². The molecule has 0 radical (unpaired) electrons. The zero-order chi connectivity index (χ0) is 20.0. The summed E-state index contributed by atoms with van der Waals surface area (Å²) in [5, 5.41) is 15.7. The first-order valence-electron chi connectivity index (χ1n) is 11.1. The lowest BCUT2D eigenvalue weighted by Gasteiger charge is -2.58. The van der Waals surface area contributed by atoms with Gasteiger partial charge in [-0.1, -0.05) is 32.6 Å². The predicted molar refractivity (Wildman–Crippen MR) is 112 cm³/mol. The summed E-state index contributed by atoms with van der Waals surface area (Å²) in [4.78, 5) is 4.84. The number of nitrogens with one attached hydrogen (secondary N) is 2. The molecule has 0 bridgehead atoms. The van der Waals surface area contributed by atoms with Crippen LogP contribution in [0.1, 0.15) is 76.9 Å². The molecule has 1 aromatic heterocycles. The normalized spacial score (nSPS) is 24.2. The van der Waals surface area contributed by atoms with Gasteiger partial charge in [-0.05, 0) is 39.5 Å². The summed E-state index contributed by atoms with van der Waals surface area (Å²) in [6, 6.07) is 0.443. The van der Waals surface area contributed by atoms with Crippen LogP contribution < -0.4 is 10.6 Å². The quantitative estimate of drug-likeness (QED) is 0.405. The van der Waals surface area contributed by atoms with Crippen LogP contribution in [0.2, 0.25) is 0 Å². The number of nitrogens with zero attached hydrogens (tertiary/aromatic N) is 4. The minimum atomic E-state index is 0.281. The van der Waals surface area contributed by atoms with Gasteiger partial charge in [-0.3, -0.25) is 0 Å². The molecule has 158 valence electrons. The fourth-order valence-corrected chi connectivity index (χ4v) is 4.71. The lowest BCUT2D eigenvalue weighted by molar-refractivity contribution is -0.145. The summed E-state index contributed by atoms with van der Waals surface area (Å²) < 4.78 is 8.11. The summed E-state index contributed by atoms with van der Waals surface area (Å²) in [6.07, 6.45) is 10.3. The number of hydrogen-bond donors (Lipinski definition) is 2. The number of hydrogen-bond acceptors (Lipinski definition) is 4. The lowest BCUT2D eigenvalue weighted by Crippen LogP contribution is -2.66. The molecule has 2 fully saturated rings. The van der Waals surface area contributed by atoms with Crippen molar-refractivity contribution in [2.24, 2.45) is 17.5 Å². The second-order valence-corrected chi connectivity index (χ2v) is 8.34. The molecule has 0 aromatic carbocycles. The van der Waals surface area contributed by atoms with Gasteiger partial charge in [0.15, 0.2) is 11.8 Å². The molecule has 2 N–H and O–H groups in total. The average Bonchev–Trinajstić information content (AvgIpc) is 3.03. The number of aromatic nitrogens is 3. The van der Waals surface area contributed by atoms with E-state index in [0.717, 1.165) is 43.6 Å². The Hall–Kier alpha value is -1.63. The van der Waals surface area contributed by atoms with Crippen molar-refractivity contribution < 1.29 is 4.74 Å². The van der Waals surface area contributed by atoms with E-state index in [1.54, 1.807) is 0 Å². The van der Waals surface area contributed by atoms with Gasteiger partial charge in [-0.15, -0.1) is 10.2 Å². The Balaban J connectivity index is 1.69. The van der Waals surface area contributed by atoms with Crippen LogP contribution in [0, 0.1) is 12.3 Å². The van der Waals surface area contributed by atoms with Gasteiger partial charge < -0.3 is 19.9 Å². The highest BCUT2D eigenvalue weighted by Crippen LogP contribution is 2.53. The van der Waals surface area contributed by atoms with E-state index in [1.807, 2.05) is 18.5 Å². The Morgan fingerprint density at radius 3 is 2.68 bits per heavy atom. The summed E-state index contributed by atoms with van der Waals surface area (Å²) >= 11 is 0. The number of rotatable bonds is 8. The van der Waals surface area contributed by atoms with Crippen LogP contribution in [-0.4, -0.2) is 46.0 Å². The molecule has 2 aliphatic carbocycles. The zero-order valence-corrected chi connectivity index (χ0v) is 18.1. The van der Waals surface area contributed by atoms with E-state index in [0.29, 0.717) is 18.7 Å². The third kappa shape index (κ3) is 4.50. The van der Waals surface area contributed by atoms with Crippen LogP contribution in [0.4, 0.5) is 0 Å². The molecule has 2 aliphatic rings. The highest BCUT2D eigenvalue weighted by Gasteiger charge is 2.55. The number of aliphatic imine (C=N–C) groups is 1. The first kappa shape index (κ1) is 21.1. The first-order valence-corrected chi connectivity index (χ1v) is 11.1. The highest BCUT2D eigenvalue weighted by molar-refractivity contribution is 5.80. The van der Waals surface area contributed by atoms with Crippen LogP contribution in [0.3, 0.4) is 0 Å². The largest absolute Gasteiger partial charge is 0.378 e. The fraction of sp³-hybridized carbons (Fsp3) is 0.857. The van der Waals surface area contributed by atoms with Crippen molar-refractivity contribution in [3.8, 4) is 0 Å². The number of unbranched alkanes of at least 4 members (excludes halogenated alkanes) is 1. The lowest BCUT2D eigenvalue weighted by atomic mass is 9.55. The summed E-state index contributed by atoms with van der Waals surface area (Å²) in [5.41, 5.74) is 0.281. The molecular formula is C21H38N6O. The molecule has 2 saturated carbocycles. The molecule has 3 rings (SSSR count). The van der Waals surface area contributed by atoms with Crippen LogP contribution >= 0.6 is 0 Å². The van der Waals surface area contributed by atoms with Crippen molar-refractivity contribution in [2.45, 2.75) is 90.8 Å². The smallest absolute Gasteiger partial charge is 0.191 e. The Morgan fingerprint density at radius 1 is 1.25 bits per heavy atom. The molecule has 7 nitrogen and oxygen atoms in total.